The first kappa shape index (κ1) is 18.3. The van der Waals surface area contributed by atoms with Crippen LogP contribution in [0.15, 0.2) is 64.4 Å². The topological polar surface area (TPSA) is 92.7 Å². The molecule has 0 heterocycles. The van der Waals surface area contributed by atoms with E-state index < -0.39 is 16.0 Å². The van der Waals surface area contributed by atoms with Gasteiger partial charge in [-0.25, -0.2) is 17.9 Å². The van der Waals surface area contributed by atoms with Crippen molar-refractivity contribution in [2.75, 3.05) is 18.9 Å². The van der Waals surface area contributed by atoms with Gasteiger partial charge in [0.2, 0.25) is 10.0 Å². The number of hydrogen-bond acceptors (Lipinski definition) is 5. The van der Waals surface area contributed by atoms with Gasteiger partial charge in [0.25, 0.3) is 0 Å². The molecule has 0 radical (unpaired) electrons. The molecular weight excluding hydrogens is 350 g/mol. The fourth-order valence-electron chi connectivity index (χ4n) is 1.81. The van der Waals surface area contributed by atoms with E-state index in [0.717, 1.165) is 4.90 Å². The number of nitrogens with one attached hydrogen (secondary N) is 1. The van der Waals surface area contributed by atoms with E-state index in [0.29, 0.717) is 18.0 Å². The van der Waals surface area contributed by atoms with Crippen LogP contribution in [-0.4, -0.2) is 38.4 Å². The molecule has 24 heavy (non-hydrogen) atoms. The lowest BCUT2D eigenvalue weighted by atomic mass is 10.3. The molecule has 0 bridgehead atoms. The van der Waals surface area contributed by atoms with Gasteiger partial charge in [0.05, 0.1) is 4.90 Å². The monoisotopic (exact) mass is 367 g/mol. The maximum Gasteiger partial charge on any atom is 0.341 e. The second-order valence-electron chi connectivity index (χ2n) is 4.71. The summed E-state index contributed by atoms with van der Waals surface area (Å²) in [7, 11) is -3.48. The Labute approximate surface area is 144 Å². The van der Waals surface area contributed by atoms with E-state index in [9.17, 15) is 13.2 Å². The highest BCUT2D eigenvalue weighted by Gasteiger charge is 2.12. The molecule has 0 unspecified atom stereocenters. The van der Waals surface area contributed by atoms with E-state index in [1.165, 1.54) is 11.8 Å². The fourth-order valence-corrected chi connectivity index (χ4v) is 3.76. The van der Waals surface area contributed by atoms with Gasteiger partial charge in [-0.05, 0) is 36.4 Å². The highest BCUT2D eigenvalue weighted by atomic mass is 32.2. The summed E-state index contributed by atoms with van der Waals surface area (Å²) in [5.74, 6) is 0.0205. The Bertz CT molecular complexity index is 761. The molecule has 8 heteroatoms. The van der Waals surface area contributed by atoms with E-state index in [1.807, 2.05) is 0 Å². The fraction of sp³-hybridized carbons (Fsp3) is 0.188. The minimum atomic E-state index is -3.48. The Morgan fingerprint density at radius 2 is 1.75 bits per heavy atom. The molecule has 6 nitrogen and oxygen atoms in total. The van der Waals surface area contributed by atoms with E-state index in [2.05, 4.69) is 4.72 Å². The highest BCUT2D eigenvalue weighted by Crippen LogP contribution is 2.21. The Morgan fingerprint density at radius 1 is 1.08 bits per heavy atom. The normalized spacial score (nSPS) is 11.2. The summed E-state index contributed by atoms with van der Waals surface area (Å²) in [4.78, 5) is 11.6. The molecule has 2 aromatic carbocycles. The summed E-state index contributed by atoms with van der Waals surface area (Å²) in [6.07, 6.45) is 0. The van der Waals surface area contributed by atoms with Crippen LogP contribution in [0.3, 0.4) is 0 Å². The van der Waals surface area contributed by atoms with Crippen LogP contribution < -0.4 is 9.46 Å². The second kappa shape index (κ2) is 8.72. The van der Waals surface area contributed by atoms with Crippen LogP contribution in [0.25, 0.3) is 0 Å². The molecular formula is C16H17NO5S2. The molecule has 0 saturated carbocycles. The Morgan fingerprint density at radius 3 is 2.38 bits per heavy atom. The van der Waals surface area contributed by atoms with Gasteiger partial charge in [0.15, 0.2) is 6.61 Å². The number of carbonyl (C=O) groups is 1. The van der Waals surface area contributed by atoms with E-state index in [-0.39, 0.29) is 11.5 Å². The maximum absolute atomic E-state index is 12.0. The van der Waals surface area contributed by atoms with Crippen molar-refractivity contribution < 1.29 is 23.1 Å². The summed E-state index contributed by atoms with van der Waals surface area (Å²) >= 11 is 1.49. The molecule has 2 N–H and O–H groups in total. The predicted molar refractivity (Wildman–Crippen MR) is 91.9 cm³/mol. The van der Waals surface area contributed by atoms with Gasteiger partial charge < -0.3 is 9.84 Å². The number of hydrogen-bond donors (Lipinski definition) is 2. The zero-order chi connectivity index (χ0) is 17.4. The van der Waals surface area contributed by atoms with E-state index in [1.54, 1.807) is 54.6 Å². The molecule has 2 aromatic rings. The lowest BCUT2D eigenvalue weighted by Crippen LogP contribution is -2.25. The third-order valence-corrected chi connectivity index (χ3v) is 5.39. The van der Waals surface area contributed by atoms with Crippen molar-refractivity contribution in [3.8, 4) is 5.75 Å². The van der Waals surface area contributed by atoms with Crippen molar-refractivity contribution in [2.24, 2.45) is 0 Å². The minimum absolute atomic E-state index is 0.245. The lowest BCUT2D eigenvalue weighted by molar-refractivity contribution is -0.139. The van der Waals surface area contributed by atoms with E-state index in [4.69, 9.17) is 9.84 Å². The smallest absolute Gasteiger partial charge is 0.341 e. The number of aliphatic carboxylic acids is 1. The van der Waals surface area contributed by atoms with Crippen LogP contribution in [0.5, 0.6) is 5.75 Å². The molecule has 0 fully saturated rings. The average molecular weight is 367 g/mol. The summed E-state index contributed by atoms with van der Waals surface area (Å²) in [5, 5.41) is 8.54. The number of carboxylic acids is 1. The number of sulfonamides is 1. The van der Waals surface area contributed by atoms with E-state index >= 15 is 0 Å². The first-order chi connectivity index (χ1) is 11.5. The van der Waals surface area contributed by atoms with Crippen molar-refractivity contribution in [3.05, 3.63) is 54.6 Å². The largest absolute Gasteiger partial charge is 0.482 e. The van der Waals surface area contributed by atoms with Crippen molar-refractivity contribution in [2.45, 2.75) is 9.79 Å². The van der Waals surface area contributed by atoms with Crippen LogP contribution in [-0.2, 0) is 14.8 Å². The van der Waals surface area contributed by atoms with Gasteiger partial charge >= 0.3 is 5.97 Å². The molecule has 128 valence electrons. The van der Waals surface area contributed by atoms with Gasteiger partial charge in [-0.15, -0.1) is 11.8 Å². The van der Waals surface area contributed by atoms with Crippen LogP contribution >= 0.6 is 11.8 Å². The van der Waals surface area contributed by atoms with Crippen LogP contribution in [0.1, 0.15) is 0 Å². The second-order valence-corrected chi connectivity index (χ2v) is 7.65. The summed E-state index contributed by atoms with van der Waals surface area (Å²) in [6, 6.07) is 15.2. The van der Waals surface area contributed by atoms with Gasteiger partial charge in [-0.1, -0.05) is 18.2 Å². The van der Waals surface area contributed by atoms with Gasteiger partial charge in [0, 0.05) is 17.2 Å². The zero-order valence-electron chi connectivity index (χ0n) is 12.7. The number of ether oxygens (including phenoxy) is 1. The Hall–Kier alpha value is -2.03. The molecule has 0 aliphatic rings. The molecule has 0 saturated heterocycles. The summed E-state index contributed by atoms with van der Waals surface area (Å²) < 4.78 is 31.7. The number of thioether (sulfide) groups is 1. The first-order valence-electron chi connectivity index (χ1n) is 7.09. The standard InChI is InChI=1S/C16H17NO5S2/c18-16(19)12-22-13-6-8-14(9-7-13)23-11-10-17-24(20,21)15-4-2-1-3-5-15/h1-9,17H,10-12H2,(H,18,19). The third-order valence-electron chi connectivity index (χ3n) is 2.90. The SMILES string of the molecule is O=C(O)COc1ccc(SCCNS(=O)(=O)c2ccccc2)cc1. The van der Waals surface area contributed by atoms with Crippen molar-refractivity contribution >= 4 is 27.8 Å². The molecule has 0 spiro atoms. The molecule has 0 aliphatic carbocycles. The Kier molecular flexibility index (Phi) is 6.65. The van der Waals surface area contributed by atoms with Crippen LogP contribution in [0.4, 0.5) is 0 Å². The predicted octanol–water partition coefficient (Wildman–Crippen LogP) is 2.22. The van der Waals surface area contributed by atoms with Gasteiger partial charge in [-0.3, -0.25) is 0 Å². The number of rotatable bonds is 9. The molecule has 0 aromatic heterocycles. The highest BCUT2D eigenvalue weighted by molar-refractivity contribution is 7.99. The minimum Gasteiger partial charge on any atom is -0.482 e. The summed E-state index contributed by atoms with van der Waals surface area (Å²) in [6.45, 7) is -0.0765. The van der Waals surface area contributed by atoms with Crippen molar-refractivity contribution in [1.82, 2.24) is 4.72 Å². The van der Waals surface area contributed by atoms with Crippen molar-refractivity contribution in [3.63, 3.8) is 0 Å². The third kappa shape index (κ3) is 5.88. The van der Waals surface area contributed by atoms with Crippen LogP contribution in [0, 0.1) is 0 Å². The molecule has 2 rings (SSSR count). The van der Waals surface area contributed by atoms with Gasteiger partial charge in [0.1, 0.15) is 5.75 Å². The summed E-state index contributed by atoms with van der Waals surface area (Å²) in [5.41, 5.74) is 0. The lowest BCUT2D eigenvalue weighted by Gasteiger charge is -2.07. The van der Waals surface area contributed by atoms with Crippen molar-refractivity contribution in [1.29, 1.82) is 0 Å². The molecule has 0 amide bonds. The number of carboxylic acid groups (broad SMARTS) is 1. The van der Waals surface area contributed by atoms with Gasteiger partial charge in [-0.2, -0.15) is 0 Å². The molecule has 0 atom stereocenters. The number of benzene rings is 2. The molecule has 0 aliphatic heterocycles. The quantitative estimate of drug-likeness (QED) is 0.521. The zero-order valence-corrected chi connectivity index (χ0v) is 14.3. The maximum atomic E-state index is 12.0. The first-order valence-corrected chi connectivity index (χ1v) is 9.56. The average Bonchev–Trinajstić information content (AvgIpc) is 2.59. The Balaban J connectivity index is 1.77. The van der Waals surface area contributed by atoms with Crippen LogP contribution in [0.2, 0.25) is 0 Å².